The number of likely N-dealkylation sites (tertiary alicyclic amines) is 1. The Hall–Kier alpha value is -1.30. The van der Waals surface area contributed by atoms with E-state index in [1.807, 2.05) is 11.8 Å². The molecule has 0 aromatic carbocycles. The third kappa shape index (κ3) is 2.75. The van der Waals surface area contributed by atoms with Crippen LogP contribution in [-0.4, -0.2) is 47.7 Å². The van der Waals surface area contributed by atoms with Gasteiger partial charge >= 0.3 is 0 Å². The molecule has 2 rings (SSSR count). The molecule has 6 nitrogen and oxygen atoms in total. The minimum absolute atomic E-state index is 0.00760. The lowest BCUT2D eigenvalue weighted by Gasteiger charge is -2.39. The number of carbonyl (C=O) groups is 1. The fourth-order valence-corrected chi connectivity index (χ4v) is 3.17. The maximum absolute atomic E-state index is 12.6. The molecule has 2 saturated heterocycles. The van der Waals surface area contributed by atoms with Gasteiger partial charge in [-0.25, -0.2) is 0 Å². The molecule has 0 aliphatic carbocycles. The van der Waals surface area contributed by atoms with Crippen LogP contribution in [0, 0.1) is 11.3 Å². The van der Waals surface area contributed by atoms with Gasteiger partial charge in [0.25, 0.3) is 0 Å². The lowest BCUT2D eigenvalue weighted by atomic mass is 9.79. The molecule has 3 N–H and O–H groups in total. The van der Waals surface area contributed by atoms with E-state index in [4.69, 9.17) is 15.7 Å². The largest absolute Gasteiger partial charge is 0.409 e. The summed E-state index contributed by atoms with van der Waals surface area (Å²) in [6.45, 7) is 6.06. The molecule has 0 aromatic rings. The Morgan fingerprint density at radius 3 is 2.70 bits per heavy atom. The molecule has 20 heavy (non-hydrogen) atoms. The summed E-state index contributed by atoms with van der Waals surface area (Å²) in [4.78, 5) is 14.5. The van der Waals surface area contributed by atoms with Crippen molar-refractivity contribution in [1.82, 2.24) is 4.90 Å². The average Bonchev–Trinajstić information content (AvgIpc) is 2.94. The third-order valence-electron chi connectivity index (χ3n) is 4.83. The van der Waals surface area contributed by atoms with Crippen molar-refractivity contribution in [2.75, 3.05) is 19.7 Å². The van der Waals surface area contributed by atoms with Crippen molar-refractivity contribution in [1.29, 1.82) is 0 Å². The van der Waals surface area contributed by atoms with Gasteiger partial charge in [0.15, 0.2) is 0 Å². The first-order valence-electron chi connectivity index (χ1n) is 7.40. The third-order valence-corrected chi connectivity index (χ3v) is 4.83. The quantitative estimate of drug-likeness (QED) is 0.352. The number of ether oxygens (including phenoxy) is 1. The summed E-state index contributed by atoms with van der Waals surface area (Å²) >= 11 is 0. The van der Waals surface area contributed by atoms with Gasteiger partial charge in [0.1, 0.15) is 5.84 Å². The van der Waals surface area contributed by atoms with Crippen molar-refractivity contribution in [3.05, 3.63) is 0 Å². The number of amidine groups is 1. The number of nitrogens with two attached hydrogens (primary N) is 1. The van der Waals surface area contributed by atoms with Crippen LogP contribution >= 0.6 is 0 Å². The maximum Gasteiger partial charge on any atom is 0.228 e. The number of carbonyl (C=O) groups excluding carboxylic acids is 1. The second kappa shape index (κ2) is 5.99. The molecule has 0 aromatic heterocycles. The molecule has 6 heteroatoms. The number of oxime groups is 1. The minimum Gasteiger partial charge on any atom is -0.409 e. The molecular weight excluding hydrogens is 258 g/mol. The zero-order valence-electron chi connectivity index (χ0n) is 12.3. The Balaban J connectivity index is 1.95. The van der Waals surface area contributed by atoms with Gasteiger partial charge in [-0.05, 0) is 25.7 Å². The summed E-state index contributed by atoms with van der Waals surface area (Å²) in [7, 11) is 0. The Kier molecular flexibility index (Phi) is 4.52. The molecule has 0 bridgehead atoms. The van der Waals surface area contributed by atoms with E-state index < -0.39 is 0 Å². The van der Waals surface area contributed by atoms with Crippen molar-refractivity contribution in [3.63, 3.8) is 0 Å². The second-order valence-corrected chi connectivity index (χ2v) is 6.08. The van der Waals surface area contributed by atoms with Crippen LogP contribution in [-0.2, 0) is 9.53 Å². The van der Waals surface area contributed by atoms with E-state index in [0.717, 1.165) is 25.7 Å². The number of hydrogen-bond acceptors (Lipinski definition) is 4. The zero-order chi connectivity index (χ0) is 14.8. The predicted octanol–water partition coefficient (Wildman–Crippen LogP) is 1.18. The Labute approximate surface area is 119 Å². The molecule has 0 spiro atoms. The summed E-state index contributed by atoms with van der Waals surface area (Å²) in [6, 6.07) is 0. The molecule has 2 unspecified atom stereocenters. The fraction of sp³-hybridized carbons (Fsp3) is 0.857. The van der Waals surface area contributed by atoms with Crippen molar-refractivity contribution in [3.8, 4) is 0 Å². The topological polar surface area (TPSA) is 88.2 Å². The summed E-state index contributed by atoms with van der Waals surface area (Å²) in [5.41, 5.74) is 5.44. The smallest absolute Gasteiger partial charge is 0.228 e. The van der Waals surface area contributed by atoms with Gasteiger partial charge in [0, 0.05) is 25.1 Å². The Bertz CT molecular complexity index is 389. The normalized spacial score (nSPS) is 30.5. The minimum atomic E-state index is -0.304. The molecule has 2 heterocycles. The monoisotopic (exact) mass is 283 g/mol. The first-order valence-corrected chi connectivity index (χ1v) is 7.40. The van der Waals surface area contributed by atoms with Crippen LogP contribution in [0.5, 0.6) is 0 Å². The molecule has 2 aliphatic heterocycles. The molecule has 114 valence electrons. The predicted molar refractivity (Wildman–Crippen MR) is 75.5 cm³/mol. The zero-order valence-corrected chi connectivity index (χ0v) is 12.3. The highest BCUT2D eigenvalue weighted by Crippen LogP contribution is 2.33. The molecule has 2 fully saturated rings. The van der Waals surface area contributed by atoms with Gasteiger partial charge in [-0.1, -0.05) is 19.0 Å². The SMILES string of the molecule is CCC1OCCC1C(=O)N1CCC(C)(C(N)=NO)CC1. The number of rotatable bonds is 3. The Morgan fingerprint density at radius 1 is 1.50 bits per heavy atom. The van der Waals surface area contributed by atoms with Gasteiger partial charge in [-0.2, -0.15) is 0 Å². The molecular formula is C14H25N3O3. The van der Waals surface area contributed by atoms with Gasteiger partial charge < -0.3 is 20.6 Å². The fourth-order valence-electron chi connectivity index (χ4n) is 3.17. The van der Waals surface area contributed by atoms with E-state index in [-0.39, 0.29) is 29.2 Å². The lowest BCUT2D eigenvalue weighted by Crippen LogP contribution is -2.49. The van der Waals surface area contributed by atoms with E-state index in [9.17, 15) is 4.79 Å². The van der Waals surface area contributed by atoms with Crippen molar-refractivity contribution in [2.24, 2.45) is 22.2 Å². The first kappa shape index (κ1) is 15.1. The highest BCUT2D eigenvalue weighted by molar-refractivity contribution is 5.86. The van der Waals surface area contributed by atoms with Gasteiger partial charge in [-0.3, -0.25) is 4.79 Å². The van der Waals surface area contributed by atoms with E-state index in [1.54, 1.807) is 0 Å². The van der Waals surface area contributed by atoms with E-state index in [2.05, 4.69) is 12.1 Å². The summed E-state index contributed by atoms with van der Waals surface area (Å²) in [6.07, 6.45) is 3.25. The number of nitrogens with zero attached hydrogens (tertiary/aromatic N) is 2. The van der Waals surface area contributed by atoms with Crippen LogP contribution in [0.3, 0.4) is 0 Å². The highest BCUT2D eigenvalue weighted by Gasteiger charge is 2.40. The summed E-state index contributed by atoms with van der Waals surface area (Å²) in [5.74, 6) is 0.476. The van der Waals surface area contributed by atoms with Crippen LogP contribution in [0.1, 0.15) is 39.5 Å². The van der Waals surface area contributed by atoms with Crippen molar-refractivity contribution < 1.29 is 14.7 Å². The lowest BCUT2D eigenvalue weighted by molar-refractivity contribution is -0.139. The van der Waals surface area contributed by atoms with Gasteiger partial charge in [0.05, 0.1) is 12.0 Å². The molecule has 1 amide bonds. The van der Waals surface area contributed by atoms with E-state index in [0.29, 0.717) is 19.7 Å². The average molecular weight is 283 g/mol. The van der Waals surface area contributed by atoms with Crippen LogP contribution < -0.4 is 5.73 Å². The van der Waals surface area contributed by atoms with E-state index >= 15 is 0 Å². The number of hydrogen-bond donors (Lipinski definition) is 2. The van der Waals surface area contributed by atoms with Crippen LogP contribution in [0.15, 0.2) is 5.16 Å². The first-order chi connectivity index (χ1) is 9.51. The molecule has 0 saturated carbocycles. The number of piperidine rings is 1. The highest BCUT2D eigenvalue weighted by atomic mass is 16.5. The molecule has 2 atom stereocenters. The standard InChI is InChI=1S/C14H25N3O3/c1-3-11-10(4-9-20-11)12(18)17-7-5-14(2,6-8-17)13(15)16-19/h10-11,19H,3-9H2,1-2H3,(H2,15,16). The summed E-state index contributed by atoms with van der Waals surface area (Å²) < 4.78 is 5.60. The summed E-state index contributed by atoms with van der Waals surface area (Å²) in [5, 5.41) is 12.0. The van der Waals surface area contributed by atoms with Crippen molar-refractivity contribution in [2.45, 2.75) is 45.6 Å². The second-order valence-electron chi connectivity index (χ2n) is 6.08. The van der Waals surface area contributed by atoms with E-state index in [1.165, 1.54) is 0 Å². The van der Waals surface area contributed by atoms with Gasteiger partial charge in [-0.15, -0.1) is 0 Å². The van der Waals surface area contributed by atoms with Crippen LogP contribution in [0.25, 0.3) is 0 Å². The number of amides is 1. The Morgan fingerprint density at radius 2 is 2.15 bits per heavy atom. The van der Waals surface area contributed by atoms with Crippen LogP contribution in [0.4, 0.5) is 0 Å². The molecule has 0 radical (unpaired) electrons. The molecule has 2 aliphatic rings. The van der Waals surface area contributed by atoms with Crippen molar-refractivity contribution >= 4 is 11.7 Å². The van der Waals surface area contributed by atoms with Crippen LogP contribution in [0.2, 0.25) is 0 Å². The maximum atomic E-state index is 12.6. The van der Waals surface area contributed by atoms with Gasteiger partial charge in [0.2, 0.25) is 5.91 Å².